The Bertz CT molecular complexity index is 750. The van der Waals surface area contributed by atoms with E-state index < -0.39 is 22.9 Å². The van der Waals surface area contributed by atoms with Gasteiger partial charge in [0.25, 0.3) is 0 Å². The molecular formula is C20H30BrN2NaO9. The summed E-state index contributed by atoms with van der Waals surface area (Å²) in [7, 11) is 2.55. The number of aliphatic hydroxyl groups is 1. The summed E-state index contributed by atoms with van der Waals surface area (Å²) in [5.41, 5.74) is 5.75. The number of carbonyl (C=O) groups excluding carboxylic acids is 5. The predicted molar refractivity (Wildman–Crippen MR) is 116 cm³/mol. The zero-order chi connectivity index (χ0) is 24.3. The van der Waals surface area contributed by atoms with Gasteiger partial charge in [-0.25, -0.2) is 4.79 Å². The van der Waals surface area contributed by atoms with Gasteiger partial charge in [-0.1, -0.05) is 15.9 Å². The summed E-state index contributed by atoms with van der Waals surface area (Å²) in [6.07, 6.45) is 3.95. The Morgan fingerprint density at radius 1 is 1.15 bits per heavy atom. The van der Waals surface area contributed by atoms with Gasteiger partial charge in [0.05, 0.1) is 26.5 Å². The number of allylic oxidation sites excluding steroid dienone is 2. The first-order valence-electron chi connectivity index (χ1n) is 10.0. The van der Waals surface area contributed by atoms with Crippen molar-refractivity contribution in [3.05, 3.63) is 11.5 Å². The number of halogens is 1. The number of ether oxygens (including phenoxy) is 3. The molecule has 4 N–H and O–H groups in total. The van der Waals surface area contributed by atoms with E-state index in [1.807, 2.05) is 0 Å². The van der Waals surface area contributed by atoms with Crippen LogP contribution in [0.2, 0.25) is 0 Å². The normalized spacial score (nSPS) is 20.8. The van der Waals surface area contributed by atoms with Gasteiger partial charge in [-0.2, -0.15) is 0 Å². The van der Waals surface area contributed by atoms with E-state index in [0.717, 1.165) is 25.0 Å². The van der Waals surface area contributed by atoms with E-state index in [1.54, 1.807) is 0 Å². The molecule has 0 aromatic rings. The fourth-order valence-electron chi connectivity index (χ4n) is 2.91. The number of aliphatic hydroxyl groups excluding tert-OH is 1. The number of rotatable bonds is 3. The number of hydrogen-bond acceptors (Lipinski definition) is 11. The molecule has 1 saturated carbocycles. The Balaban J connectivity index is 0. The summed E-state index contributed by atoms with van der Waals surface area (Å²) in [5.74, 6) is -0.460. The van der Waals surface area contributed by atoms with Gasteiger partial charge in [-0.15, -0.1) is 0 Å². The van der Waals surface area contributed by atoms with Crippen molar-refractivity contribution in [3.63, 3.8) is 0 Å². The van der Waals surface area contributed by atoms with Crippen LogP contribution in [0.4, 0.5) is 0 Å². The molecule has 2 atom stereocenters. The molecule has 2 aliphatic carbocycles. The van der Waals surface area contributed by atoms with E-state index in [2.05, 4.69) is 30.7 Å². The molecule has 0 bridgehead atoms. The molecule has 0 aromatic heterocycles. The molecule has 3 rings (SSSR count). The minimum Gasteiger partial charge on any atom is -1.00 e. The molecular weight excluding hydrogens is 515 g/mol. The third-order valence-corrected chi connectivity index (χ3v) is 5.72. The number of esters is 2. The topological polar surface area (TPSA) is 171 Å². The largest absolute Gasteiger partial charge is 1.00 e. The van der Waals surface area contributed by atoms with Crippen molar-refractivity contribution in [2.45, 2.75) is 55.4 Å². The predicted octanol–water partition coefficient (Wildman–Crippen LogP) is -3.22. The van der Waals surface area contributed by atoms with E-state index >= 15 is 0 Å². The molecule has 1 fully saturated rings. The number of alkyl halides is 1. The van der Waals surface area contributed by atoms with Crippen LogP contribution < -0.4 is 40.6 Å². The van der Waals surface area contributed by atoms with Gasteiger partial charge < -0.3 is 31.8 Å². The van der Waals surface area contributed by atoms with Gasteiger partial charge in [0.1, 0.15) is 17.5 Å². The molecule has 0 amide bonds. The fraction of sp³-hybridized carbons (Fsp3) is 0.650. The molecule has 0 spiro atoms. The number of ketones is 3. The third kappa shape index (κ3) is 10.2. The van der Waals surface area contributed by atoms with Crippen molar-refractivity contribution in [3.8, 4) is 0 Å². The molecule has 3 aliphatic rings. The van der Waals surface area contributed by atoms with Crippen LogP contribution in [-0.4, -0.2) is 78.7 Å². The molecule has 1 heterocycles. The third-order valence-electron chi connectivity index (χ3n) is 4.70. The van der Waals surface area contributed by atoms with E-state index in [4.69, 9.17) is 15.6 Å². The van der Waals surface area contributed by atoms with Crippen LogP contribution >= 0.6 is 15.9 Å². The van der Waals surface area contributed by atoms with Crippen molar-refractivity contribution in [1.82, 2.24) is 5.32 Å². The Kier molecular flexibility index (Phi) is 15.7. The summed E-state index contributed by atoms with van der Waals surface area (Å²) in [4.78, 5) is 53.9. The SMILES string of the molecule is COC(=O)C(N)CO.COC(=O)C1COC2=C(CCCC2=O)N1.O=C1CCCC(=O)C1Br.[H-].[Na+]. The molecule has 0 aromatic carbocycles. The van der Waals surface area contributed by atoms with E-state index in [1.165, 1.54) is 14.2 Å². The summed E-state index contributed by atoms with van der Waals surface area (Å²) in [6, 6.07) is -1.38. The molecule has 2 unspecified atom stereocenters. The van der Waals surface area contributed by atoms with Gasteiger partial charge in [-0.05, 0) is 19.3 Å². The van der Waals surface area contributed by atoms with Crippen LogP contribution in [-0.2, 0) is 38.2 Å². The summed E-state index contributed by atoms with van der Waals surface area (Å²) in [6.45, 7) is -0.204. The van der Waals surface area contributed by atoms with E-state index in [-0.39, 0.29) is 67.5 Å². The average Bonchev–Trinajstić information content (AvgIpc) is 2.81. The fourth-order valence-corrected chi connectivity index (χ4v) is 3.37. The minimum atomic E-state index is -0.889. The van der Waals surface area contributed by atoms with Crippen molar-refractivity contribution >= 4 is 45.2 Å². The summed E-state index contributed by atoms with van der Waals surface area (Å²) < 4.78 is 14.1. The van der Waals surface area contributed by atoms with Crippen LogP contribution in [0.1, 0.15) is 40.0 Å². The summed E-state index contributed by atoms with van der Waals surface area (Å²) >= 11 is 3.02. The molecule has 182 valence electrons. The van der Waals surface area contributed by atoms with E-state index in [9.17, 15) is 24.0 Å². The second kappa shape index (κ2) is 16.3. The standard InChI is InChI=1S/C10H13NO4.C6H7BrO2.C4H9NO3.Na.H/c1-14-10(13)7-5-15-9-6(11-7)3-2-4-8(9)12;7-6-4(8)2-1-3-5(6)9;1-8-4(7)3(5)2-6;;/h7,11H,2-5H2,1H3;6H,1-3H2;3,6H,2,5H2,1H3;;/q;;;+1;-1. The monoisotopic (exact) mass is 544 g/mol. The Morgan fingerprint density at radius 2 is 1.73 bits per heavy atom. The van der Waals surface area contributed by atoms with E-state index in [0.29, 0.717) is 25.0 Å². The van der Waals surface area contributed by atoms with Crippen LogP contribution in [0.25, 0.3) is 0 Å². The van der Waals surface area contributed by atoms with Gasteiger partial charge in [-0.3, -0.25) is 19.2 Å². The first kappa shape index (κ1) is 31.7. The molecule has 0 radical (unpaired) electrons. The van der Waals surface area contributed by atoms with Crippen LogP contribution in [0, 0.1) is 0 Å². The quantitative estimate of drug-likeness (QED) is 0.141. The molecule has 1 aliphatic heterocycles. The number of carbonyl (C=O) groups is 5. The average molecular weight is 545 g/mol. The molecule has 33 heavy (non-hydrogen) atoms. The van der Waals surface area contributed by atoms with Gasteiger partial charge in [0, 0.05) is 19.3 Å². The first-order chi connectivity index (χ1) is 15.2. The Hall–Kier alpha value is -1.31. The Morgan fingerprint density at radius 3 is 2.18 bits per heavy atom. The zero-order valence-corrected chi connectivity index (χ0v) is 22.6. The maximum Gasteiger partial charge on any atom is 1.00 e. The Labute approximate surface area is 224 Å². The van der Waals surface area contributed by atoms with Gasteiger partial charge in [0.15, 0.2) is 29.2 Å². The number of methoxy groups -OCH3 is 2. The number of nitrogens with one attached hydrogen (secondary N) is 1. The first-order valence-corrected chi connectivity index (χ1v) is 10.9. The second-order valence-electron chi connectivity index (χ2n) is 7.08. The van der Waals surface area contributed by atoms with Crippen LogP contribution in [0.3, 0.4) is 0 Å². The van der Waals surface area contributed by atoms with Crippen molar-refractivity contribution in [1.29, 1.82) is 0 Å². The molecule has 0 saturated heterocycles. The number of Topliss-reactive ketones (excluding diaryl/α,β-unsaturated/α-hetero) is 3. The van der Waals surface area contributed by atoms with Crippen molar-refractivity contribution < 1.29 is 74.3 Å². The van der Waals surface area contributed by atoms with Gasteiger partial charge in [0.2, 0.25) is 0 Å². The summed E-state index contributed by atoms with van der Waals surface area (Å²) in [5, 5.41) is 11.2. The molecule has 11 nitrogen and oxygen atoms in total. The number of nitrogens with two attached hydrogens (primary N) is 1. The van der Waals surface area contributed by atoms with Gasteiger partial charge >= 0.3 is 41.5 Å². The smallest absolute Gasteiger partial charge is 1.00 e. The van der Waals surface area contributed by atoms with Crippen LogP contribution in [0.15, 0.2) is 11.5 Å². The maximum atomic E-state index is 11.4. The minimum absolute atomic E-state index is 0. The van der Waals surface area contributed by atoms with Crippen LogP contribution in [0.5, 0.6) is 0 Å². The maximum absolute atomic E-state index is 11.4. The molecule has 13 heteroatoms. The second-order valence-corrected chi connectivity index (χ2v) is 7.99. The van der Waals surface area contributed by atoms with Crippen molar-refractivity contribution in [2.24, 2.45) is 5.73 Å². The number of hydrogen-bond donors (Lipinski definition) is 3. The zero-order valence-electron chi connectivity index (χ0n) is 20.1. The van der Waals surface area contributed by atoms with Crippen molar-refractivity contribution in [2.75, 3.05) is 27.4 Å².